The third kappa shape index (κ3) is 6.94. The molecular weight excluding hydrogens is 596 g/mol. The molecule has 0 saturated carbocycles. The summed E-state index contributed by atoms with van der Waals surface area (Å²) in [5.74, 6) is -0.840. The summed E-state index contributed by atoms with van der Waals surface area (Å²) in [6.45, 7) is 5.76. The molecule has 0 aliphatic carbocycles. The molecule has 0 radical (unpaired) electrons. The minimum atomic E-state index is -4.61. The number of likely N-dealkylation sites (tertiary alicyclic amines) is 1. The van der Waals surface area contributed by atoms with Gasteiger partial charge in [0, 0.05) is 31.1 Å². The quantitative estimate of drug-likeness (QED) is 0.271. The van der Waals surface area contributed by atoms with Crippen LogP contribution in [-0.2, 0) is 12.7 Å². The molecule has 0 aromatic heterocycles. The summed E-state index contributed by atoms with van der Waals surface area (Å²) in [5.41, 5.74) is -1.28. The van der Waals surface area contributed by atoms with Crippen molar-refractivity contribution in [1.29, 1.82) is 0 Å². The number of nitrogens with zero attached hydrogens (tertiary/aromatic N) is 1. The summed E-state index contributed by atoms with van der Waals surface area (Å²) in [5, 5.41) is 12.5. The van der Waals surface area contributed by atoms with Crippen LogP contribution in [0.3, 0.4) is 0 Å². The molecule has 0 bridgehead atoms. The number of amides is 2. The van der Waals surface area contributed by atoms with Crippen LogP contribution in [0.15, 0.2) is 60.7 Å². The van der Waals surface area contributed by atoms with Gasteiger partial charge in [-0.3, -0.25) is 4.79 Å². The number of alkyl halides is 3. The third-order valence-electron chi connectivity index (χ3n) is 8.28. The molecule has 2 aliphatic heterocycles. The number of carbonyl (C=O) groups excluding carboxylic acids is 1. The monoisotopic (exact) mass is 630 g/mol. The Balaban J connectivity index is 1.43. The minimum absolute atomic E-state index is 0.0957. The molecule has 3 aromatic carbocycles. The highest BCUT2D eigenvalue weighted by Gasteiger charge is 2.47. The number of piperidine rings is 1. The number of hydrogen-bond acceptors (Lipinski definition) is 5. The van der Waals surface area contributed by atoms with E-state index < -0.39 is 53.5 Å². The highest BCUT2D eigenvalue weighted by atomic mass is 19.4. The molecule has 8 nitrogen and oxygen atoms in total. The number of halogens is 4. The number of fused-ring (bicyclic) bond motifs is 1. The number of nitrogens with one attached hydrogen (secondary N) is 1. The first kappa shape index (κ1) is 31.9. The van der Waals surface area contributed by atoms with Gasteiger partial charge in [-0.15, -0.1) is 0 Å². The fourth-order valence-corrected chi connectivity index (χ4v) is 6.36. The van der Waals surface area contributed by atoms with Crippen LogP contribution < -0.4 is 19.5 Å². The Morgan fingerprint density at radius 1 is 1.02 bits per heavy atom. The van der Waals surface area contributed by atoms with Crippen LogP contribution in [0.2, 0.25) is 0 Å². The molecule has 3 atom stereocenters. The molecule has 45 heavy (non-hydrogen) atoms. The number of rotatable bonds is 7. The van der Waals surface area contributed by atoms with E-state index in [0.29, 0.717) is 29.2 Å². The second-order valence-corrected chi connectivity index (χ2v) is 12.2. The van der Waals surface area contributed by atoms with Crippen molar-refractivity contribution >= 4 is 12.0 Å². The van der Waals surface area contributed by atoms with Gasteiger partial charge in [-0.05, 0) is 59.2 Å². The van der Waals surface area contributed by atoms with Gasteiger partial charge in [0.05, 0.1) is 17.7 Å². The number of ether oxygens (including phenoxy) is 3. The van der Waals surface area contributed by atoms with Gasteiger partial charge in [0.1, 0.15) is 11.6 Å². The van der Waals surface area contributed by atoms with Crippen LogP contribution in [0.5, 0.6) is 17.2 Å². The first-order chi connectivity index (χ1) is 21.2. The second-order valence-electron chi connectivity index (χ2n) is 12.2. The molecule has 5 rings (SSSR count). The Bertz CT molecular complexity index is 1570. The van der Waals surface area contributed by atoms with Crippen molar-refractivity contribution < 1.29 is 46.5 Å². The molecule has 0 spiro atoms. The van der Waals surface area contributed by atoms with Crippen LogP contribution in [0, 0.1) is 17.2 Å². The highest BCUT2D eigenvalue weighted by Crippen LogP contribution is 2.45. The standard InChI is InChI=1S/C33H34F4N2O6/c1-32(2,3)29-24(17-43-21-9-11-27-28(15-21)45-18-44-27)22(12-13-39(29)31(41)42)19-8-10-26(34)23(14-19)30(40)38-16-20-6-4-5-7-25(20)33(35,36)37/h4-11,14-15,22,24,29H,12-13,16-18H2,1-3H3,(H,38,40)(H,41,42)/t22-,24-,29?/m0/s1. The van der Waals surface area contributed by atoms with Crippen molar-refractivity contribution in [2.75, 3.05) is 19.9 Å². The van der Waals surface area contributed by atoms with E-state index in [1.54, 1.807) is 24.3 Å². The Kier molecular flexibility index (Phi) is 8.86. The van der Waals surface area contributed by atoms with Crippen LogP contribution >= 0.6 is 0 Å². The lowest BCUT2D eigenvalue weighted by Crippen LogP contribution is -2.57. The number of hydrogen-bond donors (Lipinski definition) is 2. The molecular formula is C33H34F4N2O6. The molecule has 2 N–H and O–H groups in total. The lowest BCUT2D eigenvalue weighted by Gasteiger charge is -2.50. The van der Waals surface area contributed by atoms with E-state index in [4.69, 9.17) is 14.2 Å². The number of benzene rings is 3. The number of carboxylic acid groups (broad SMARTS) is 1. The van der Waals surface area contributed by atoms with Gasteiger partial charge >= 0.3 is 12.3 Å². The predicted molar refractivity (Wildman–Crippen MR) is 156 cm³/mol. The van der Waals surface area contributed by atoms with E-state index in [0.717, 1.165) is 12.1 Å². The van der Waals surface area contributed by atoms with E-state index in [-0.39, 0.29) is 37.0 Å². The lowest BCUT2D eigenvalue weighted by molar-refractivity contribution is -0.138. The first-order valence-electron chi connectivity index (χ1n) is 14.5. The van der Waals surface area contributed by atoms with Crippen molar-refractivity contribution in [1.82, 2.24) is 10.2 Å². The summed E-state index contributed by atoms with van der Waals surface area (Å²) in [4.78, 5) is 26.9. The van der Waals surface area contributed by atoms with E-state index in [1.807, 2.05) is 20.8 Å². The highest BCUT2D eigenvalue weighted by molar-refractivity contribution is 5.94. The van der Waals surface area contributed by atoms with Crippen molar-refractivity contribution in [3.05, 3.63) is 88.7 Å². The minimum Gasteiger partial charge on any atom is -0.493 e. The fourth-order valence-electron chi connectivity index (χ4n) is 6.36. The zero-order valence-electron chi connectivity index (χ0n) is 25.0. The Labute approximate surface area is 257 Å². The van der Waals surface area contributed by atoms with E-state index in [9.17, 15) is 27.9 Å². The molecule has 1 fully saturated rings. The largest absolute Gasteiger partial charge is 0.493 e. The average molecular weight is 631 g/mol. The maximum atomic E-state index is 15.0. The van der Waals surface area contributed by atoms with Crippen molar-refractivity contribution in [3.8, 4) is 17.2 Å². The van der Waals surface area contributed by atoms with Gasteiger partial charge in [-0.1, -0.05) is 45.0 Å². The topological polar surface area (TPSA) is 97.3 Å². The molecule has 2 heterocycles. The SMILES string of the molecule is CC(C)(C)C1[C@@H](COc2ccc3c(c2)OCO3)[C@H](c2ccc(F)c(C(=O)NCc3ccccc3C(F)(F)F)c2)CCN1C(=O)O. The molecule has 3 aromatic rings. The van der Waals surface area contributed by atoms with Crippen molar-refractivity contribution in [2.24, 2.45) is 11.3 Å². The van der Waals surface area contributed by atoms with Gasteiger partial charge in [0.25, 0.3) is 5.91 Å². The first-order valence-corrected chi connectivity index (χ1v) is 14.5. The maximum Gasteiger partial charge on any atom is 0.416 e. The second kappa shape index (κ2) is 12.5. The van der Waals surface area contributed by atoms with Gasteiger partial charge in [0.15, 0.2) is 11.5 Å². The Morgan fingerprint density at radius 2 is 1.76 bits per heavy atom. The zero-order valence-corrected chi connectivity index (χ0v) is 25.0. The Morgan fingerprint density at radius 3 is 2.47 bits per heavy atom. The summed E-state index contributed by atoms with van der Waals surface area (Å²) < 4.78 is 72.4. The van der Waals surface area contributed by atoms with Crippen LogP contribution in [0.1, 0.15) is 60.2 Å². The molecule has 1 saturated heterocycles. The van der Waals surface area contributed by atoms with E-state index >= 15 is 4.39 Å². The molecule has 240 valence electrons. The van der Waals surface area contributed by atoms with E-state index in [1.165, 1.54) is 29.2 Å². The van der Waals surface area contributed by atoms with Crippen LogP contribution in [-0.4, -0.2) is 48.0 Å². The van der Waals surface area contributed by atoms with E-state index in [2.05, 4.69) is 5.32 Å². The number of carbonyl (C=O) groups is 2. The van der Waals surface area contributed by atoms with Gasteiger partial charge in [0.2, 0.25) is 6.79 Å². The molecule has 1 unspecified atom stereocenters. The zero-order chi connectivity index (χ0) is 32.5. The predicted octanol–water partition coefficient (Wildman–Crippen LogP) is 7.08. The molecule has 12 heteroatoms. The lowest BCUT2D eigenvalue weighted by atomic mass is 9.68. The Hall–Kier alpha value is -4.48. The molecule has 2 amide bonds. The smallest absolute Gasteiger partial charge is 0.416 e. The van der Waals surface area contributed by atoms with Gasteiger partial charge < -0.3 is 29.5 Å². The fraction of sp³-hybridized carbons (Fsp3) is 0.394. The average Bonchev–Trinajstić information content (AvgIpc) is 3.46. The van der Waals surface area contributed by atoms with Crippen molar-refractivity contribution in [2.45, 2.75) is 51.9 Å². The van der Waals surface area contributed by atoms with Crippen LogP contribution in [0.25, 0.3) is 0 Å². The van der Waals surface area contributed by atoms with Crippen LogP contribution in [0.4, 0.5) is 22.4 Å². The van der Waals surface area contributed by atoms with Crippen molar-refractivity contribution in [3.63, 3.8) is 0 Å². The normalized spacial score (nSPS) is 19.7. The third-order valence-corrected chi connectivity index (χ3v) is 8.28. The van der Waals surface area contributed by atoms with Gasteiger partial charge in [-0.25, -0.2) is 9.18 Å². The molecule has 2 aliphatic rings. The summed E-state index contributed by atoms with van der Waals surface area (Å²) in [6.07, 6.45) is -5.31. The summed E-state index contributed by atoms with van der Waals surface area (Å²) in [6, 6.07) is 13.6. The van der Waals surface area contributed by atoms with Gasteiger partial charge in [-0.2, -0.15) is 13.2 Å². The summed E-state index contributed by atoms with van der Waals surface area (Å²) >= 11 is 0. The maximum absolute atomic E-state index is 15.0. The summed E-state index contributed by atoms with van der Waals surface area (Å²) in [7, 11) is 0.